The molecule has 1 rings (SSSR count). The van der Waals surface area contributed by atoms with Gasteiger partial charge in [0, 0.05) is 22.3 Å². The van der Waals surface area contributed by atoms with Crippen LogP contribution in [0.2, 0.25) is 0 Å². The number of nitroso groups, excluding NO2 is 1. The maximum atomic E-state index is 9.76. The smallest absolute Gasteiger partial charge is 0.0215 e. The Labute approximate surface area is 65.9 Å². The minimum atomic E-state index is 0.774. The number of nitrogens with zero attached hydrogens (tertiary/aromatic N) is 1. The topological polar surface area (TPSA) is 29.4 Å². The molecule has 0 aromatic heterocycles. The molecule has 0 spiro atoms. The van der Waals surface area contributed by atoms with Crippen LogP contribution < -0.4 is 0 Å². The third kappa shape index (κ3) is 2.69. The summed E-state index contributed by atoms with van der Waals surface area (Å²) in [6.45, 7) is 0. The van der Waals surface area contributed by atoms with Crippen molar-refractivity contribution in [2.45, 2.75) is 32.1 Å². The maximum absolute atomic E-state index is 9.76. The van der Waals surface area contributed by atoms with E-state index in [0.29, 0.717) is 0 Å². The van der Waals surface area contributed by atoms with Crippen molar-refractivity contribution in [1.82, 2.24) is 0 Å². The molecule has 1 aliphatic rings. The van der Waals surface area contributed by atoms with Crippen molar-refractivity contribution in [2.75, 3.05) is 5.75 Å². The van der Waals surface area contributed by atoms with Crippen LogP contribution in [0.4, 0.5) is 0 Å². The second-order valence-electron chi connectivity index (χ2n) is 2.87. The van der Waals surface area contributed by atoms with Crippen LogP contribution in [0.3, 0.4) is 0 Å². The van der Waals surface area contributed by atoms with Crippen LogP contribution in [0.25, 0.3) is 0 Å². The van der Waals surface area contributed by atoms with Crippen molar-refractivity contribution in [1.29, 1.82) is 0 Å². The quantitative estimate of drug-likeness (QED) is 0.468. The second-order valence-corrected chi connectivity index (χ2v) is 3.61. The molecule has 58 valence electrons. The summed E-state index contributed by atoms with van der Waals surface area (Å²) in [5.74, 6) is 1.72. The van der Waals surface area contributed by atoms with Crippen molar-refractivity contribution in [3.05, 3.63) is 4.91 Å². The lowest BCUT2D eigenvalue weighted by atomic mass is 9.91. The summed E-state index contributed by atoms with van der Waals surface area (Å²) in [6, 6.07) is 0. The maximum Gasteiger partial charge on any atom is 0.0215 e. The van der Waals surface area contributed by atoms with E-state index in [-0.39, 0.29) is 0 Å². The van der Waals surface area contributed by atoms with E-state index < -0.39 is 0 Å². The first-order valence-electron chi connectivity index (χ1n) is 3.88. The molecule has 0 N–H and O–H groups in total. The first kappa shape index (κ1) is 8.05. The molecule has 0 unspecified atom stereocenters. The minimum Gasteiger partial charge on any atom is -0.137 e. The van der Waals surface area contributed by atoms with Crippen molar-refractivity contribution < 1.29 is 0 Å². The van der Waals surface area contributed by atoms with Gasteiger partial charge in [0.15, 0.2) is 0 Å². The fourth-order valence-corrected chi connectivity index (χ4v) is 2.09. The Balaban J connectivity index is 2.07. The predicted molar refractivity (Wildman–Crippen MR) is 44.8 cm³/mol. The van der Waals surface area contributed by atoms with Gasteiger partial charge in [-0.25, -0.2) is 0 Å². The Hall–Kier alpha value is -0.0500. The third-order valence-electron chi connectivity index (χ3n) is 2.09. The van der Waals surface area contributed by atoms with Crippen molar-refractivity contribution in [3.63, 3.8) is 0 Å². The lowest BCUT2D eigenvalue weighted by molar-refractivity contribution is 0.391. The van der Waals surface area contributed by atoms with E-state index in [4.69, 9.17) is 0 Å². The summed E-state index contributed by atoms with van der Waals surface area (Å²) in [6.07, 6.45) is 6.70. The summed E-state index contributed by atoms with van der Waals surface area (Å²) < 4.78 is 2.80. The monoisotopic (exact) mass is 159 g/mol. The van der Waals surface area contributed by atoms with Crippen LogP contribution in [0.15, 0.2) is 4.58 Å². The highest BCUT2D eigenvalue weighted by atomic mass is 32.2. The van der Waals surface area contributed by atoms with Gasteiger partial charge < -0.3 is 0 Å². The predicted octanol–water partition coefficient (Wildman–Crippen LogP) is 2.98. The summed E-state index contributed by atoms with van der Waals surface area (Å²) in [7, 11) is 0. The van der Waals surface area contributed by atoms with Gasteiger partial charge in [0.2, 0.25) is 0 Å². The highest BCUT2D eigenvalue weighted by molar-refractivity contribution is 7.97. The van der Waals surface area contributed by atoms with Crippen LogP contribution in [0.5, 0.6) is 0 Å². The molecule has 0 atom stereocenters. The van der Waals surface area contributed by atoms with Gasteiger partial charge in [-0.1, -0.05) is 19.3 Å². The lowest BCUT2D eigenvalue weighted by Gasteiger charge is -2.19. The van der Waals surface area contributed by atoms with Gasteiger partial charge in [0.25, 0.3) is 0 Å². The molecular formula is C7H13NOS. The van der Waals surface area contributed by atoms with Gasteiger partial charge in [-0.15, -0.1) is 4.91 Å². The summed E-state index contributed by atoms with van der Waals surface area (Å²) >= 11 is 1.18. The molecule has 0 saturated heterocycles. The average molecular weight is 159 g/mol. The van der Waals surface area contributed by atoms with Gasteiger partial charge >= 0.3 is 0 Å². The first-order chi connectivity index (χ1) is 4.93. The van der Waals surface area contributed by atoms with E-state index in [1.165, 1.54) is 44.1 Å². The van der Waals surface area contributed by atoms with E-state index >= 15 is 0 Å². The molecule has 0 bridgehead atoms. The van der Waals surface area contributed by atoms with Gasteiger partial charge in [0.1, 0.15) is 0 Å². The minimum absolute atomic E-state index is 0.774. The van der Waals surface area contributed by atoms with Crippen molar-refractivity contribution in [3.8, 4) is 0 Å². The molecule has 0 aromatic carbocycles. The van der Waals surface area contributed by atoms with Gasteiger partial charge in [-0.3, -0.25) is 0 Å². The molecule has 0 amide bonds. The molecule has 2 nitrogen and oxygen atoms in total. The van der Waals surface area contributed by atoms with Crippen LogP contribution in [-0.2, 0) is 0 Å². The molecule has 3 heteroatoms. The van der Waals surface area contributed by atoms with E-state index in [1.54, 1.807) is 0 Å². The van der Waals surface area contributed by atoms with Crippen LogP contribution in [0, 0.1) is 10.8 Å². The molecule has 0 aliphatic heterocycles. The fourth-order valence-electron chi connectivity index (χ4n) is 1.49. The molecule has 10 heavy (non-hydrogen) atoms. The molecule has 0 radical (unpaired) electrons. The normalized spacial score (nSPS) is 20.8. The third-order valence-corrected chi connectivity index (χ3v) is 2.81. The first-order valence-corrected chi connectivity index (χ1v) is 4.82. The summed E-state index contributed by atoms with van der Waals surface area (Å²) in [5, 5.41) is 0. The average Bonchev–Trinajstić information content (AvgIpc) is 2.03. The number of hydrogen-bond acceptors (Lipinski definition) is 3. The molecule has 1 saturated carbocycles. The highest BCUT2D eigenvalue weighted by Crippen LogP contribution is 2.26. The van der Waals surface area contributed by atoms with Crippen LogP contribution >= 0.6 is 11.9 Å². The SMILES string of the molecule is O=NSCC1CCCCC1. The Kier molecular flexibility index (Phi) is 3.80. The zero-order valence-electron chi connectivity index (χ0n) is 6.08. The molecular weight excluding hydrogens is 146 g/mol. The number of hydrogen-bond donors (Lipinski definition) is 0. The van der Waals surface area contributed by atoms with Crippen LogP contribution in [0.1, 0.15) is 32.1 Å². The van der Waals surface area contributed by atoms with E-state index in [2.05, 4.69) is 4.58 Å². The van der Waals surface area contributed by atoms with Crippen LogP contribution in [-0.4, -0.2) is 5.75 Å². The molecule has 0 aromatic rings. The summed E-state index contributed by atoms with van der Waals surface area (Å²) in [4.78, 5) is 9.76. The van der Waals surface area contributed by atoms with Gasteiger partial charge in [-0.2, -0.15) is 0 Å². The zero-order chi connectivity index (χ0) is 7.23. The van der Waals surface area contributed by atoms with Crippen molar-refractivity contribution >= 4 is 11.9 Å². The highest BCUT2D eigenvalue weighted by Gasteiger charge is 2.12. The standard InChI is InChI=1S/C7H13NOS/c9-8-10-6-7-4-2-1-3-5-7/h7H,1-6H2. The Morgan fingerprint density at radius 2 is 2.00 bits per heavy atom. The Bertz CT molecular complexity index is 102. The Morgan fingerprint density at radius 3 is 2.60 bits per heavy atom. The van der Waals surface area contributed by atoms with E-state index in [9.17, 15) is 4.91 Å². The molecule has 1 aliphatic carbocycles. The number of rotatable bonds is 3. The molecule has 0 heterocycles. The Morgan fingerprint density at radius 1 is 1.30 bits per heavy atom. The molecule has 1 fully saturated rings. The van der Waals surface area contributed by atoms with Crippen molar-refractivity contribution in [2.24, 2.45) is 10.5 Å². The zero-order valence-corrected chi connectivity index (χ0v) is 6.90. The lowest BCUT2D eigenvalue weighted by Crippen LogP contribution is -2.07. The van der Waals surface area contributed by atoms with E-state index in [0.717, 1.165) is 11.7 Å². The van der Waals surface area contributed by atoms with Gasteiger partial charge in [0.05, 0.1) is 0 Å². The van der Waals surface area contributed by atoms with Gasteiger partial charge in [-0.05, 0) is 18.8 Å². The fraction of sp³-hybridized carbons (Fsp3) is 1.00. The van der Waals surface area contributed by atoms with E-state index in [1.807, 2.05) is 0 Å². The largest absolute Gasteiger partial charge is 0.137 e. The summed E-state index contributed by atoms with van der Waals surface area (Å²) in [5.41, 5.74) is 0. The second kappa shape index (κ2) is 4.72.